The molecule has 4 N–H and O–H groups in total. The van der Waals surface area contributed by atoms with E-state index in [-0.39, 0.29) is 12.2 Å². The van der Waals surface area contributed by atoms with E-state index in [0.29, 0.717) is 10.9 Å². The van der Waals surface area contributed by atoms with Crippen LogP contribution in [0, 0.1) is 0 Å². The standard InChI is InChI=1S/C9H8N4O3/c10-9(16)8-5-1-2-11-3-6(5)13(12-8)4-7(14)15/h1-3H,4H2,(H3,10,14,15,16)/p+1. The zero-order valence-electron chi connectivity index (χ0n) is 8.17. The molecule has 0 radical (unpaired) electrons. The van der Waals surface area contributed by atoms with Gasteiger partial charge in [-0.05, 0) is 6.07 Å². The molecule has 0 unspecified atom stereocenters. The highest BCUT2D eigenvalue weighted by molar-refractivity contribution is 6.02. The lowest BCUT2D eigenvalue weighted by Gasteiger charge is -1.86. The number of fused-ring (bicyclic) bond motifs is 1. The molecule has 2 rings (SSSR count). The second kappa shape index (κ2) is 3.61. The number of primary amides is 1. The molecule has 2 heterocycles. The van der Waals surface area contributed by atoms with Crippen molar-refractivity contribution in [3.8, 4) is 0 Å². The summed E-state index contributed by atoms with van der Waals surface area (Å²) in [6.45, 7) is -0.282. The Morgan fingerprint density at radius 3 is 2.94 bits per heavy atom. The van der Waals surface area contributed by atoms with Gasteiger partial charge in [0.2, 0.25) is 0 Å². The summed E-state index contributed by atoms with van der Waals surface area (Å²) in [7, 11) is 0. The number of hydrogen-bond acceptors (Lipinski definition) is 3. The van der Waals surface area contributed by atoms with Crippen LogP contribution in [0.2, 0.25) is 0 Å². The first-order valence-electron chi connectivity index (χ1n) is 4.46. The Morgan fingerprint density at radius 1 is 1.56 bits per heavy atom. The highest BCUT2D eigenvalue weighted by Crippen LogP contribution is 2.11. The molecule has 0 bridgehead atoms. The summed E-state index contributed by atoms with van der Waals surface area (Å²) < 4.78 is 1.31. The first-order valence-corrected chi connectivity index (χ1v) is 4.46. The fraction of sp³-hybridized carbons (Fsp3) is 0.111. The number of rotatable bonds is 3. The van der Waals surface area contributed by atoms with Gasteiger partial charge in [0.25, 0.3) is 18.0 Å². The number of aromatic nitrogens is 3. The number of H-pyrrole nitrogens is 1. The van der Waals surface area contributed by atoms with Crippen LogP contribution in [0.4, 0.5) is 0 Å². The third-order valence-electron chi connectivity index (χ3n) is 2.15. The van der Waals surface area contributed by atoms with Gasteiger partial charge < -0.3 is 10.8 Å². The molecule has 0 spiro atoms. The normalized spacial score (nSPS) is 10.5. The van der Waals surface area contributed by atoms with E-state index in [1.807, 2.05) is 0 Å². The van der Waals surface area contributed by atoms with Crippen LogP contribution in [0.1, 0.15) is 10.5 Å². The van der Waals surface area contributed by atoms with Crippen LogP contribution in [0.15, 0.2) is 18.5 Å². The molecule has 0 saturated heterocycles. The van der Waals surface area contributed by atoms with Crippen molar-refractivity contribution < 1.29 is 19.4 Å². The minimum Gasteiger partial charge on any atom is -0.476 e. The molecule has 16 heavy (non-hydrogen) atoms. The predicted molar refractivity (Wildman–Crippen MR) is 52.4 cm³/mol. The number of aliphatic carboxylic acids is 1. The Hall–Kier alpha value is -2.44. The van der Waals surface area contributed by atoms with Crippen LogP contribution < -0.4 is 10.4 Å². The van der Waals surface area contributed by atoms with Gasteiger partial charge in [-0.2, -0.15) is 5.10 Å². The van der Waals surface area contributed by atoms with Gasteiger partial charge in [-0.15, -0.1) is 0 Å². The van der Waals surface area contributed by atoms with Crippen molar-refractivity contribution in [3.05, 3.63) is 24.2 Å². The molecule has 1 amide bonds. The molecule has 0 fully saturated rings. The third kappa shape index (κ3) is 1.58. The molecule has 7 nitrogen and oxygen atoms in total. The molecular formula is C9H9N4O3+. The average Bonchev–Trinajstić information content (AvgIpc) is 2.57. The van der Waals surface area contributed by atoms with Crippen molar-refractivity contribution in [2.75, 3.05) is 0 Å². The first kappa shape index (κ1) is 10.1. The lowest BCUT2D eigenvalue weighted by molar-refractivity contribution is -0.716. The Balaban J connectivity index is 2.66. The summed E-state index contributed by atoms with van der Waals surface area (Å²) in [6, 6.07) is 1.60. The smallest absolute Gasteiger partial charge is 0.372 e. The summed E-state index contributed by atoms with van der Waals surface area (Å²) in [5, 5.41) is 11.9. The summed E-state index contributed by atoms with van der Waals surface area (Å²) >= 11 is 0. The number of nitrogens with two attached hydrogens (primary N) is 1. The molecule has 0 saturated carbocycles. The fourth-order valence-corrected chi connectivity index (χ4v) is 1.52. The topological polar surface area (TPSA) is 113 Å². The molecule has 82 valence electrons. The van der Waals surface area contributed by atoms with E-state index in [0.717, 1.165) is 0 Å². The molecule has 0 aliphatic carbocycles. The van der Waals surface area contributed by atoms with E-state index < -0.39 is 11.9 Å². The maximum absolute atomic E-state index is 11.1. The number of pyridine rings is 1. The summed E-state index contributed by atoms with van der Waals surface area (Å²) in [5.74, 6) is -1.66. The molecule has 0 aliphatic rings. The maximum atomic E-state index is 11.1. The number of aromatic amines is 1. The molecule has 2 aromatic heterocycles. The largest absolute Gasteiger partial charge is 0.476 e. The van der Waals surface area contributed by atoms with E-state index in [9.17, 15) is 9.59 Å². The van der Waals surface area contributed by atoms with Gasteiger partial charge in [0.15, 0.2) is 5.69 Å². The van der Waals surface area contributed by atoms with Gasteiger partial charge in [0.05, 0.1) is 5.39 Å². The van der Waals surface area contributed by atoms with E-state index in [2.05, 4.69) is 10.1 Å². The number of amides is 1. The zero-order chi connectivity index (χ0) is 11.7. The van der Waals surface area contributed by atoms with Crippen LogP contribution >= 0.6 is 0 Å². The number of carboxylic acids is 1. The highest BCUT2D eigenvalue weighted by atomic mass is 16.4. The number of carboxylic acid groups (broad SMARTS) is 1. The quantitative estimate of drug-likeness (QED) is 0.579. The van der Waals surface area contributed by atoms with Crippen molar-refractivity contribution in [2.45, 2.75) is 6.54 Å². The van der Waals surface area contributed by atoms with Gasteiger partial charge in [-0.25, -0.2) is 4.79 Å². The van der Waals surface area contributed by atoms with Crippen molar-refractivity contribution in [1.29, 1.82) is 0 Å². The molecule has 0 aliphatic heterocycles. The van der Waals surface area contributed by atoms with Crippen molar-refractivity contribution in [3.63, 3.8) is 0 Å². The Morgan fingerprint density at radius 2 is 2.31 bits per heavy atom. The first-order chi connectivity index (χ1) is 7.59. The Kier molecular flexibility index (Phi) is 2.28. The third-order valence-corrected chi connectivity index (χ3v) is 2.15. The second-order valence-electron chi connectivity index (χ2n) is 3.22. The van der Waals surface area contributed by atoms with Crippen molar-refractivity contribution >= 4 is 22.8 Å². The number of nitrogens with zero attached hydrogens (tertiary/aromatic N) is 2. The van der Waals surface area contributed by atoms with Crippen LogP contribution in [0.25, 0.3) is 10.9 Å². The van der Waals surface area contributed by atoms with Crippen molar-refractivity contribution in [1.82, 2.24) is 10.1 Å². The number of carbonyl (C=O) groups excluding carboxylic acids is 1. The second-order valence-corrected chi connectivity index (χ2v) is 3.22. The minimum absolute atomic E-state index is 0.179. The van der Waals surface area contributed by atoms with Crippen LogP contribution in [0.5, 0.6) is 0 Å². The summed E-state index contributed by atoms with van der Waals surface area (Å²) in [4.78, 5) is 25.6. The van der Waals surface area contributed by atoms with E-state index in [1.54, 1.807) is 6.07 Å². The Labute approximate surface area is 89.5 Å². The van der Waals surface area contributed by atoms with Crippen LogP contribution in [-0.2, 0) is 11.3 Å². The Bertz CT molecular complexity index is 575. The lowest BCUT2D eigenvalue weighted by atomic mass is 10.2. The van der Waals surface area contributed by atoms with Gasteiger partial charge in [-0.1, -0.05) is 4.68 Å². The molecule has 0 atom stereocenters. The summed E-state index contributed by atoms with van der Waals surface area (Å²) in [5.41, 5.74) is 5.88. The summed E-state index contributed by atoms with van der Waals surface area (Å²) in [6.07, 6.45) is 2.98. The average molecular weight is 221 g/mol. The van der Waals surface area contributed by atoms with Crippen molar-refractivity contribution in [2.24, 2.45) is 5.73 Å². The lowest BCUT2D eigenvalue weighted by Crippen LogP contribution is -2.40. The molecule has 2 aromatic rings. The van der Waals surface area contributed by atoms with E-state index in [4.69, 9.17) is 10.8 Å². The fourth-order valence-electron chi connectivity index (χ4n) is 1.52. The molecule has 0 aromatic carbocycles. The molecule has 7 heteroatoms. The number of hydrogen-bond donors (Lipinski definition) is 3. The van der Waals surface area contributed by atoms with Gasteiger partial charge >= 0.3 is 5.97 Å². The van der Waals surface area contributed by atoms with Crippen LogP contribution in [-0.4, -0.2) is 27.1 Å². The SMILES string of the molecule is NC(=O)c1[nH][n+](CC(=O)O)c2cnccc12. The van der Waals surface area contributed by atoms with Crippen LogP contribution in [0.3, 0.4) is 0 Å². The monoisotopic (exact) mass is 221 g/mol. The predicted octanol–water partition coefficient (Wildman–Crippen LogP) is -0.966. The van der Waals surface area contributed by atoms with Gasteiger partial charge in [0, 0.05) is 6.20 Å². The maximum Gasteiger partial charge on any atom is 0.372 e. The number of carbonyl (C=O) groups is 2. The van der Waals surface area contributed by atoms with E-state index >= 15 is 0 Å². The van der Waals surface area contributed by atoms with Gasteiger partial charge in [-0.3, -0.25) is 9.78 Å². The van der Waals surface area contributed by atoms with Gasteiger partial charge in [0.1, 0.15) is 6.20 Å². The minimum atomic E-state index is -1.02. The highest BCUT2D eigenvalue weighted by Gasteiger charge is 2.22. The number of nitrogens with one attached hydrogen (secondary N) is 1. The molecular weight excluding hydrogens is 212 g/mol. The zero-order valence-corrected chi connectivity index (χ0v) is 8.17. The van der Waals surface area contributed by atoms with E-state index in [1.165, 1.54) is 17.1 Å².